The van der Waals surface area contributed by atoms with E-state index in [0.29, 0.717) is 56.3 Å². The predicted octanol–water partition coefficient (Wildman–Crippen LogP) is 6.72. The van der Waals surface area contributed by atoms with E-state index in [9.17, 15) is 28.2 Å². The van der Waals surface area contributed by atoms with Crippen LogP contribution in [0.4, 0.5) is 22.0 Å². The molecule has 10 heteroatoms. The minimum absolute atomic E-state index is 0.0284. The zero-order valence-corrected chi connectivity index (χ0v) is 24.2. The van der Waals surface area contributed by atoms with Gasteiger partial charge in [0.05, 0.1) is 18.8 Å². The Balaban J connectivity index is 1.46. The molecule has 1 saturated heterocycles. The maximum atomic E-state index is 15.2. The van der Waals surface area contributed by atoms with E-state index in [1.54, 1.807) is 24.3 Å². The van der Waals surface area contributed by atoms with Gasteiger partial charge in [0.2, 0.25) is 0 Å². The summed E-state index contributed by atoms with van der Waals surface area (Å²) in [6.45, 7) is 6.44. The monoisotopic (exact) mass is 598 g/mol. The van der Waals surface area contributed by atoms with Crippen molar-refractivity contribution < 1.29 is 46.4 Å². The minimum atomic E-state index is -5.90. The lowest BCUT2D eigenvalue weighted by atomic mass is 9.49. The molecule has 2 N–H and O–H groups in total. The van der Waals surface area contributed by atoms with Crippen molar-refractivity contribution in [3.63, 3.8) is 0 Å². The molecule has 1 spiro atoms. The molecule has 4 fully saturated rings. The highest BCUT2D eigenvalue weighted by Gasteiger charge is 2.79. The van der Waals surface area contributed by atoms with Crippen LogP contribution >= 0.6 is 0 Å². The van der Waals surface area contributed by atoms with Gasteiger partial charge in [0, 0.05) is 35.2 Å². The number of aldehydes is 1. The number of alkyl halides is 5. The first kappa shape index (κ1) is 30.2. The van der Waals surface area contributed by atoms with Crippen LogP contribution in [0.2, 0.25) is 0 Å². The molecule has 232 valence electrons. The van der Waals surface area contributed by atoms with Gasteiger partial charge in [-0.25, -0.2) is 0 Å². The van der Waals surface area contributed by atoms with Crippen molar-refractivity contribution in [1.82, 2.24) is 0 Å². The lowest BCUT2D eigenvalue weighted by Crippen LogP contribution is -2.65. The van der Waals surface area contributed by atoms with E-state index in [-0.39, 0.29) is 30.6 Å². The highest BCUT2D eigenvalue weighted by molar-refractivity contribution is 5.74. The first-order valence-electron chi connectivity index (χ1n) is 14.9. The number of halogens is 5. The van der Waals surface area contributed by atoms with Crippen LogP contribution in [0.3, 0.4) is 0 Å². The second-order valence-electron chi connectivity index (χ2n) is 14.5. The first-order chi connectivity index (χ1) is 19.4. The molecule has 4 aliphatic carbocycles. The number of rotatable bonds is 3. The summed E-state index contributed by atoms with van der Waals surface area (Å²) >= 11 is 0. The molecule has 6 atom stereocenters. The van der Waals surface area contributed by atoms with Crippen LogP contribution in [0.15, 0.2) is 35.4 Å². The molecule has 6 rings (SSSR count). The van der Waals surface area contributed by atoms with Crippen molar-refractivity contribution in [3.8, 4) is 0 Å². The number of benzene rings is 1. The molecule has 1 aliphatic heterocycles. The van der Waals surface area contributed by atoms with Crippen molar-refractivity contribution in [2.75, 3.05) is 13.2 Å². The molecule has 3 saturated carbocycles. The normalized spacial score (nSPS) is 39.4. The Bertz CT molecular complexity index is 1280. The number of hydrogen-bond donors (Lipinski definition) is 2. The summed E-state index contributed by atoms with van der Waals surface area (Å²) in [6, 6.07) is 6.59. The van der Waals surface area contributed by atoms with Crippen molar-refractivity contribution >= 4 is 6.29 Å². The van der Waals surface area contributed by atoms with Gasteiger partial charge in [0.25, 0.3) is 0 Å². The van der Waals surface area contributed by atoms with Gasteiger partial charge in [-0.3, -0.25) is 4.79 Å². The smallest absolute Gasteiger partial charge is 0.385 e. The molecule has 42 heavy (non-hydrogen) atoms. The molecule has 0 amide bonds. The number of aliphatic hydroxyl groups is 2. The molecule has 1 aromatic carbocycles. The van der Waals surface area contributed by atoms with Crippen molar-refractivity contribution in [1.29, 1.82) is 0 Å². The molecule has 3 unspecified atom stereocenters. The van der Waals surface area contributed by atoms with Gasteiger partial charge in [-0.05, 0) is 61.5 Å². The number of allylic oxidation sites excluding steroid dienone is 1. The number of carbonyl (C=O) groups is 1. The highest BCUT2D eigenvalue weighted by Crippen LogP contribution is 2.71. The summed E-state index contributed by atoms with van der Waals surface area (Å²) in [6.07, 6.45) is -4.17. The Morgan fingerprint density at radius 2 is 1.57 bits per heavy atom. The van der Waals surface area contributed by atoms with E-state index in [0.717, 1.165) is 11.1 Å². The summed E-state index contributed by atoms with van der Waals surface area (Å²) in [5.41, 5.74) is -3.71. The Morgan fingerprint density at radius 3 is 2.17 bits per heavy atom. The fraction of sp³-hybridized carbons (Fsp3) is 0.719. The highest BCUT2D eigenvalue weighted by atomic mass is 19.4. The Morgan fingerprint density at radius 1 is 0.929 bits per heavy atom. The number of hydrogen-bond acceptors (Lipinski definition) is 5. The third kappa shape index (κ3) is 4.18. The van der Waals surface area contributed by atoms with Gasteiger partial charge >= 0.3 is 12.1 Å². The second kappa shape index (κ2) is 9.31. The van der Waals surface area contributed by atoms with Crippen LogP contribution in [0.5, 0.6) is 0 Å². The summed E-state index contributed by atoms with van der Waals surface area (Å²) < 4.78 is 84.2. The minimum Gasteiger partial charge on any atom is -0.385 e. The lowest BCUT2D eigenvalue weighted by Gasteiger charge is -2.59. The van der Waals surface area contributed by atoms with E-state index in [1.807, 2.05) is 13.8 Å². The Kier molecular flexibility index (Phi) is 6.69. The summed E-state index contributed by atoms with van der Waals surface area (Å²) in [4.78, 5) is 11.3. The third-order valence-electron chi connectivity index (χ3n) is 11.4. The standard InChI is InChI=1S/C32H39F5O5/c1-26(2)17-41-29(42-18-26)12-9-24-25-21(8-11-28(24,39)16-29)23-10-13-30(40,31(33,34)32(35,36)37)27(23,3)14-22(25)20-6-4-19(15-38)5-7-20/h4-7,15,21-23,39-40H,8-14,16-18H2,1-3H3/t21?,22-,23?,27?,28-,30+/m1/s1. The molecule has 1 aromatic rings. The van der Waals surface area contributed by atoms with Crippen molar-refractivity contribution in [2.45, 2.75) is 107 Å². The van der Waals surface area contributed by atoms with Crippen molar-refractivity contribution in [3.05, 3.63) is 46.5 Å². The average Bonchev–Trinajstić information content (AvgIpc) is 3.20. The fourth-order valence-corrected chi connectivity index (χ4v) is 9.11. The van der Waals surface area contributed by atoms with Gasteiger partial charge in [-0.15, -0.1) is 0 Å². The lowest BCUT2D eigenvalue weighted by molar-refractivity contribution is -0.362. The molecule has 0 bridgehead atoms. The van der Waals surface area contributed by atoms with Gasteiger partial charge in [-0.2, -0.15) is 22.0 Å². The summed E-state index contributed by atoms with van der Waals surface area (Å²) in [7, 11) is 0. The zero-order chi connectivity index (χ0) is 30.6. The largest absolute Gasteiger partial charge is 0.456 e. The SMILES string of the molecule is CC1(C)COC2(CCC3=C4C(CC[C@@]3(O)C2)C2CC[C@@](O)(C(F)(F)C(F)(F)F)C2(C)C[C@@H]4c2ccc(C=O)cc2)OC1. The molecule has 0 radical (unpaired) electrons. The zero-order valence-electron chi connectivity index (χ0n) is 24.2. The molecule has 5 nitrogen and oxygen atoms in total. The first-order valence-corrected chi connectivity index (χ1v) is 14.9. The van der Waals surface area contributed by atoms with E-state index >= 15 is 8.78 Å². The number of ether oxygens (including phenoxy) is 2. The Labute approximate surface area is 242 Å². The Hall–Kier alpha value is -1.88. The molecule has 0 aromatic heterocycles. The van der Waals surface area contributed by atoms with Gasteiger partial charge in [0.15, 0.2) is 5.79 Å². The summed E-state index contributed by atoms with van der Waals surface area (Å²) in [5, 5.41) is 23.6. The van der Waals surface area contributed by atoms with Crippen LogP contribution in [-0.2, 0) is 9.47 Å². The van der Waals surface area contributed by atoms with Crippen molar-refractivity contribution in [2.24, 2.45) is 22.7 Å². The number of carbonyl (C=O) groups excluding carboxylic acids is 1. The predicted molar refractivity (Wildman–Crippen MR) is 143 cm³/mol. The molecule has 1 heterocycles. The fourth-order valence-electron chi connectivity index (χ4n) is 9.11. The topological polar surface area (TPSA) is 76.0 Å². The molecular weight excluding hydrogens is 559 g/mol. The van der Waals surface area contributed by atoms with Crippen LogP contribution in [0.1, 0.15) is 94.0 Å². The molecular formula is C32H39F5O5. The van der Waals surface area contributed by atoms with Gasteiger partial charge in [0.1, 0.15) is 11.9 Å². The van der Waals surface area contributed by atoms with E-state index in [2.05, 4.69) is 0 Å². The summed E-state index contributed by atoms with van der Waals surface area (Å²) in [5.74, 6) is -7.85. The van der Waals surface area contributed by atoms with Crippen LogP contribution < -0.4 is 0 Å². The van der Waals surface area contributed by atoms with E-state index < -0.39 is 52.8 Å². The maximum absolute atomic E-state index is 15.2. The van der Waals surface area contributed by atoms with Gasteiger partial charge in [-0.1, -0.05) is 50.6 Å². The van der Waals surface area contributed by atoms with Gasteiger partial charge < -0.3 is 19.7 Å². The quantitative estimate of drug-likeness (QED) is 0.230. The van der Waals surface area contributed by atoms with E-state index in [1.165, 1.54) is 6.92 Å². The van der Waals surface area contributed by atoms with Crippen LogP contribution in [-0.4, -0.2) is 58.8 Å². The maximum Gasteiger partial charge on any atom is 0.456 e. The van der Waals surface area contributed by atoms with Crippen LogP contribution in [0.25, 0.3) is 0 Å². The third-order valence-corrected chi connectivity index (χ3v) is 11.4. The average molecular weight is 599 g/mol. The molecule has 5 aliphatic rings. The van der Waals surface area contributed by atoms with Crippen LogP contribution in [0, 0.1) is 22.7 Å². The van der Waals surface area contributed by atoms with E-state index in [4.69, 9.17) is 9.47 Å². The second-order valence-corrected chi connectivity index (χ2v) is 14.5. The number of fused-ring (bicyclic) bond motifs is 4.